The summed E-state index contributed by atoms with van der Waals surface area (Å²) in [5, 5.41) is 13.9. The number of nitro benzene ring substituents is 1. The van der Waals surface area contributed by atoms with E-state index in [1.807, 2.05) is 0 Å². The van der Waals surface area contributed by atoms with Crippen molar-refractivity contribution < 1.29 is 23.7 Å². The molecule has 0 bridgehead atoms. The first-order chi connectivity index (χ1) is 12.0. The number of non-ortho nitro benzene ring substituents is 1. The number of hydrogen-bond donors (Lipinski definition) is 1. The molecule has 3 rings (SSSR count). The van der Waals surface area contributed by atoms with E-state index in [0.717, 1.165) is 0 Å². The standard InChI is InChI=1S/C17H12N2O6/c1-24-17(21)10-2-4-12(5-3-10)18-16(20)15-9-11-8-13(19(22)23)6-7-14(11)25-15/h2-9H,1H3,(H,18,20). The van der Waals surface area contributed by atoms with Gasteiger partial charge in [-0.1, -0.05) is 0 Å². The van der Waals surface area contributed by atoms with Gasteiger partial charge in [-0.15, -0.1) is 0 Å². The molecule has 3 aromatic rings. The Bertz CT molecular complexity index is 974. The van der Waals surface area contributed by atoms with Crippen molar-refractivity contribution in [2.45, 2.75) is 0 Å². The second-order valence-electron chi connectivity index (χ2n) is 5.11. The summed E-state index contributed by atoms with van der Waals surface area (Å²) in [4.78, 5) is 33.9. The third-order valence-corrected chi connectivity index (χ3v) is 3.50. The maximum Gasteiger partial charge on any atom is 0.337 e. The molecule has 0 radical (unpaired) electrons. The molecule has 126 valence electrons. The second kappa shape index (κ2) is 6.44. The van der Waals surface area contributed by atoms with Crippen molar-refractivity contribution in [3.63, 3.8) is 0 Å². The van der Waals surface area contributed by atoms with Gasteiger partial charge < -0.3 is 14.5 Å². The molecule has 8 nitrogen and oxygen atoms in total. The Morgan fingerprint density at radius 1 is 1.12 bits per heavy atom. The van der Waals surface area contributed by atoms with Crippen molar-refractivity contribution in [2.75, 3.05) is 12.4 Å². The van der Waals surface area contributed by atoms with E-state index in [1.165, 1.54) is 43.5 Å². The van der Waals surface area contributed by atoms with Crippen LogP contribution < -0.4 is 5.32 Å². The average Bonchev–Trinajstić information content (AvgIpc) is 3.05. The molecule has 1 heterocycles. The molecule has 25 heavy (non-hydrogen) atoms. The number of esters is 1. The van der Waals surface area contributed by atoms with E-state index in [4.69, 9.17) is 4.42 Å². The molecule has 2 aromatic carbocycles. The Morgan fingerprint density at radius 2 is 1.84 bits per heavy atom. The molecule has 1 aromatic heterocycles. The predicted octanol–water partition coefficient (Wildman–Crippen LogP) is 3.38. The number of methoxy groups -OCH3 is 1. The zero-order chi connectivity index (χ0) is 18.0. The van der Waals surface area contributed by atoms with Crippen molar-refractivity contribution in [3.8, 4) is 0 Å². The molecule has 0 saturated carbocycles. The van der Waals surface area contributed by atoms with Crippen LogP contribution in [0.15, 0.2) is 52.9 Å². The number of furan rings is 1. The maximum atomic E-state index is 12.2. The fraction of sp³-hybridized carbons (Fsp3) is 0.0588. The minimum absolute atomic E-state index is 0.0209. The van der Waals surface area contributed by atoms with Gasteiger partial charge in [-0.3, -0.25) is 14.9 Å². The van der Waals surface area contributed by atoms with Crippen molar-refractivity contribution >= 4 is 34.2 Å². The number of carbonyl (C=O) groups is 2. The number of hydrogen-bond acceptors (Lipinski definition) is 6. The van der Waals surface area contributed by atoms with E-state index in [2.05, 4.69) is 10.1 Å². The van der Waals surface area contributed by atoms with E-state index in [-0.39, 0.29) is 11.4 Å². The first-order valence-electron chi connectivity index (χ1n) is 7.15. The lowest BCUT2D eigenvalue weighted by Crippen LogP contribution is -2.11. The quantitative estimate of drug-likeness (QED) is 0.443. The van der Waals surface area contributed by atoms with Crippen molar-refractivity contribution in [3.05, 3.63) is 70.0 Å². The fourth-order valence-electron chi connectivity index (χ4n) is 2.26. The summed E-state index contributed by atoms with van der Waals surface area (Å²) in [5.41, 5.74) is 1.11. The molecule has 0 unspecified atom stereocenters. The molecule has 0 saturated heterocycles. The lowest BCUT2D eigenvalue weighted by atomic mass is 10.2. The van der Waals surface area contributed by atoms with Crippen LogP contribution in [0.1, 0.15) is 20.9 Å². The van der Waals surface area contributed by atoms with Gasteiger partial charge in [0.25, 0.3) is 11.6 Å². The summed E-state index contributed by atoms with van der Waals surface area (Å²) in [5.74, 6) is -0.964. The number of nitrogens with zero attached hydrogens (tertiary/aromatic N) is 1. The van der Waals surface area contributed by atoms with Crippen LogP contribution in [0.2, 0.25) is 0 Å². The minimum atomic E-state index is -0.519. The highest BCUT2D eigenvalue weighted by atomic mass is 16.6. The van der Waals surface area contributed by atoms with E-state index in [1.54, 1.807) is 12.1 Å². The molecular formula is C17H12N2O6. The number of benzene rings is 2. The topological polar surface area (TPSA) is 112 Å². The van der Waals surface area contributed by atoms with Gasteiger partial charge in [0.05, 0.1) is 17.6 Å². The number of ether oxygens (including phenoxy) is 1. The number of fused-ring (bicyclic) bond motifs is 1. The molecule has 0 fully saturated rings. The number of nitrogens with one attached hydrogen (secondary N) is 1. The van der Waals surface area contributed by atoms with Gasteiger partial charge in [0.2, 0.25) is 0 Å². The lowest BCUT2D eigenvalue weighted by molar-refractivity contribution is -0.384. The van der Waals surface area contributed by atoms with Crippen molar-refractivity contribution in [2.24, 2.45) is 0 Å². The van der Waals surface area contributed by atoms with Gasteiger partial charge in [0.15, 0.2) is 5.76 Å². The van der Waals surface area contributed by atoms with Gasteiger partial charge in [-0.2, -0.15) is 0 Å². The summed E-state index contributed by atoms with van der Waals surface area (Å²) in [6, 6.07) is 11.7. The minimum Gasteiger partial charge on any atom is -0.465 e. The van der Waals surface area contributed by atoms with E-state index in [0.29, 0.717) is 22.2 Å². The number of rotatable bonds is 4. The first-order valence-corrected chi connectivity index (χ1v) is 7.15. The SMILES string of the molecule is COC(=O)c1ccc(NC(=O)c2cc3cc([N+](=O)[O-])ccc3o2)cc1. The van der Waals surface area contributed by atoms with Crippen LogP contribution in [-0.2, 0) is 4.74 Å². The smallest absolute Gasteiger partial charge is 0.337 e. The van der Waals surface area contributed by atoms with Crippen molar-refractivity contribution in [1.29, 1.82) is 0 Å². The van der Waals surface area contributed by atoms with Crippen LogP contribution in [0.3, 0.4) is 0 Å². The largest absolute Gasteiger partial charge is 0.465 e. The van der Waals surface area contributed by atoms with Gasteiger partial charge >= 0.3 is 5.97 Å². The average molecular weight is 340 g/mol. The lowest BCUT2D eigenvalue weighted by Gasteiger charge is -2.04. The van der Waals surface area contributed by atoms with Crippen molar-refractivity contribution in [1.82, 2.24) is 0 Å². The molecule has 0 aliphatic carbocycles. The zero-order valence-corrected chi connectivity index (χ0v) is 13.0. The van der Waals surface area contributed by atoms with Crippen LogP contribution in [0, 0.1) is 10.1 Å². The van der Waals surface area contributed by atoms with E-state index >= 15 is 0 Å². The Balaban J connectivity index is 1.80. The van der Waals surface area contributed by atoms with Gasteiger partial charge in [0, 0.05) is 23.2 Å². The van der Waals surface area contributed by atoms with E-state index < -0.39 is 16.8 Å². The highest BCUT2D eigenvalue weighted by molar-refractivity contribution is 6.05. The van der Waals surface area contributed by atoms with Crippen LogP contribution in [-0.4, -0.2) is 23.9 Å². The zero-order valence-electron chi connectivity index (χ0n) is 13.0. The molecule has 0 aliphatic heterocycles. The third-order valence-electron chi connectivity index (χ3n) is 3.50. The molecule has 0 atom stereocenters. The molecule has 1 amide bonds. The Kier molecular flexibility index (Phi) is 4.17. The number of carbonyl (C=O) groups excluding carboxylic acids is 2. The highest BCUT2D eigenvalue weighted by Gasteiger charge is 2.15. The number of nitro groups is 1. The van der Waals surface area contributed by atoms with E-state index in [9.17, 15) is 19.7 Å². The fourth-order valence-corrected chi connectivity index (χ4v) is 2.26. The second-order valence-corrected chi connectivity index (χ2v) is 5.11. The first kappa shape index (κ1) is 16.2. The molecule has 0 aliphatic rings. The predicted molar refractivity (Wildman–Crippen MR) is 88.6 cm³/mol. The Morgan fingerprint density at radius 3 is 2.48 bits per heavy atom. The summed E-state index contributed by atoms with van der Waals surface area (Å²) in [7, 11) is 1.28. The third kappa shape index (κ3) is 3.32. The summed E-state index contributed by atoms with van der Waals surface area (Å²) < 4.78 is 10.0. The molecule has 8 heteroatoms. The summed E-state index contributed by atoms with van der Waals surface area (Å²) in [6.45, 7) is 0. The number of anilines is 1. The molecule has 1 N–H and O–H groups in total. The summed E-state index contributed by atoms with van der Waals surface area (Å²) in [6.07, 6.45) is 0. The molecule has 0 spiro atoms. The van der Waals surface area contributed by atoms with Gasteiger partial charge in [0.1, 0.15) is 5.58 Å². The van der Waals surface area contributed by atoms with Crippen LogP contribution in [0.5, 0.6) is 0 Å². The monoisotopic (exact) mass is 340 g/mol. The van der Waals surface area contributed by atoms with Crippen LogP contribution in [0.4, 0.5) is 11.4 Å². The van der Waals surface area contributed by atoms with Gasteiger partial charge in [-0.25, -0.2) is 4.79 Å². The Hall–Kier alpha value is -3.68. The van der Waals surface area contributed by atoms with Crippen LogP contribution >= 0.6 is 0 Å². The van der Waals surface area contributed by atoms with Crippen LogP contribution in [0.25, 0.3) is 11.0 Å². The normalized spacial score (nSPS) is 10.4. The Labute approximate surface area is 141 Å². The maximum absolute atomic E-state index is 12.2. The molecular weight excluding hydrogens is 328 g/mol. The number of amides is 1. The summed E-state index contributed by atoms with van der Waals surface area (Å²) >= 11 is 0. The van der Waals surface area contributed by atoms with Gasteiger partial charge in [-0.05, 0) is 36.4 Å². The highest BCUT2D eigenvalue weighted by Crippen LogP contribution is 2.24.